The van der Waals surface area contributed by atoms with E-state index in [9.17, 15) is 9.59 Å². The van der Waals surface area contributed by atoms with E-state index in [1.54, 1.807) is 6.07 Å². The molecular formula is C18H21N5O3S. The number of carbonyl (C=O) groups excluding carboxylic acids is 2. The molecule has 3 rings (SSSR count). The molecule has 0 fully saturated rings. The molecule has 142 valence electrons. The summed E-state index contributed by atoms with van der Waals surface area (Å²) >= 11 is 1.42. The van der Waals surface area contributed by atoms with E-state index in [-0.39, 0.29) is 23.8 Å². The number of furan rings is 1. The summed E-state index contributed by atoms with van der Waals surface area (Å²) in [6.45, 7) is 5.52. The molecule has 0 saturated carbocycles. The third kappa shape index (κ3) is 4.88. The number of H-pyrrole nitrogens is 1. The lowest BCUT2D eigenvalue weighted by Gasteiger charge is -2.20. The average molecular weight is 387 g/mol. The fourth-order valence-corrected chi connectivity index (χ4v) is 3.34. The van der Waals surface area contributed by atoms with Gasteiger partial charge in [0.2, 0.25) is 5.91 Å². The second-order valence-electron chi connectivity index (χ2n) is 6.97. The summed E-state index contributed by atoms with van der Waals surface area (Å²) in [4.78, 5) is 28.7. The number of nitrogens with one attached hydrogen (secondary N) is 3. The molecule has 0 aliphatic rings. The molecule has 1 aromatic carbocycles. The number of benzene rings is 1. The molecule has 2 heterocycles. The van der Waals surface area contributed by atoms with Crippen LogP contribution in [0.4, 0.5) is 0 Å². The van der Waals surface area contributed by atoms with Gasteiger partial charge in [0.1, 0.15) is 11.9 Å². The standard InChI is InChI=1S/C18H21N5O3S/c1-18(2,3)22-14(24)8-19-16(25)15-12(9-27-17-20-10-21-23-17)11-6-4-5-7-13(11)26-15/h4-7,10H,8-9H2,1-3H3,(H,19,25)(H,22,24)(H,20,21,23). The number of carbonyl (C=O) groups is 2. The molecular weight excluding hydrogens is 366 g/mol. The lowest BCUT2D eigenvalue weighted by molar-refractivity contribution is -0.121. The van der Waals surface area contributed by atoms with E-state index in [1.807, 2.05) is 39.0 Å². The fraction of sp³-hybridized carbons (Fsp3) is 0.333. The third-order valence-corrected chi connectivity index (χ3v) is 4.48. The smallest absolute Gasteiger partial charge is 0.287 e. The maximum atomic E-state index is 12.6. The summed E-state index contributed by atoms with van der Waals surface area (Å²) in [7, 11) is 0. The first-order chi connectivity index (χ1) is 12.8. The van der Waals surface area contributed by atoms with E-state index in [0.29, 0.717) is 16.5 Å². The van der Waals surface area contributed by atoms with Crippen LogP contribution in [0, 0.1) is 0 Å². The number of thioether (sulfide) groups is 1. The first-order valence-corrected chi connectivity index (χ1v) is 9.40. The maximum absolute atomic E-state index is 12.6. The van der Waals surface area contributed by atoms with E-state index in [1.165, 1.54) is 18.1 Å². The highest BCUT2D eigenvalue weighted by Crippen LogP contribution is 2.30. The van der Waals surface area contributed by atoms with E-state index >= 15 is 0 Å². The molecule has 0 aliphatic heterocycles. The average Bonchev–Trinajstić information content (AvgIpc) is 3.23. The van der Waals surface area contributed by atoms with E-state index in [4.69, 9.17) is 4.42 Å². The van der Waals surface area contributed by atoms with Gasteiger partial charge in [-0.3, -0.25) is 14.7 Å². The van der Waals surface area contributed by atoms with Crippen molar-refractivity contribution in [1.29, 1.82) is 0 Å². The van der Waals surface area contributed by atoms with Crippen LogP contribution in [0.25, 0.3) is 11.0 Å². The summed E-state index contributed by atoms with van der Waals surface area (Å²) in [6, 6.07) is 7.44. The zero-order valence-electron chi connectivity index (χ0n) is 15.3. The van der Waals surface area contributed by atoms with Crippen LogP contribution in [0.2, 0.25) is 0 Å². The van der Waals surface area contributed by atoms with Gasteiger partial charge in [0.25, 0.3) is 5.91 Å². The first-order valence-electron chi connectivity index (χ1n) is 8.41. The second-order valence-corrected chi connectivity index (χ2v) is 7.93. The third-order valence-electron chi connectivity index (χ3n) is 3.57. The van der Waals surface area contributed by atoms with Crippen molar-refractivity contribution < 1.29 is 14.0 Å². The number of hydrogen-bond acceptors (Lipinski definition) is 6. The second kappa shape index (κ2) is 7.83. The van der Waals surface area contributed by atoms with Gasteiger partial charge in [0.05, 0.1) is 6.54 Å². The molecule has 8 nitrogen and oxygen atoms in total. The monoisotopic (exact) mass is 387 g/mol. The molecule has 27 heavy (non-hydrogen) atoms. The SMILES string of the molecule is CC(C)(C)NC(=O)CNC(=O)c1oc2ccccc2c1CSc1ncn[nH]1. The van der Waals surface area contributed by atoms with Gasteiger partial charge in [-0.05, 0) is 26.8 Å². The van der Waals surface area contributed by atoms with Gasteiger partial charge >= 0.3 is 0 Å². The number of aromatic nitrogens is 3. The number of rotatable bonds is 6. The number of para-hydroxylation sites is 1. The van der Waals surface area contributed by atoms with Crippen LogP contribution in [-0.4, -0.2) is 39.1 Å². The number of fused-ring (bicyclic) bond motifs is 1. The van der Waals surface area contributed by atoms with E-state index in [2.05, 4.69) is 25.8 Å². The number of amides is 2. The minimum atomic E-state index is -0.427. The highest BCUT2D eigenvalue weighted by molar-refractivity contribution is 7.98. The van der Waals surface area contributed by atoms with Crippen molar-refractivity contribution in [2.24, 2.45) is 0 Å². The van der Waals surface area contributed by atoms with Gasteiger partial charge in [0.15, 0.2) is 10.9 Å². The number of aromatic amines is 1. The zero-order chi connectivity index (χ0) is 19.4. The van der Waals surface area contributed by atoms with Gasteiger partial charge in [-0.15, -0.1) is 0 Å². The summed E-state index contributed by atoms with van der Waals surface area (Å²) in [5, 5.41) is 13.5. The Labute approximate surface area is 160 Å². The van der Waals surface area contributed by atoms with Crippen LogP contribution in [0.3, 0.4) is 0 Å². The Kier molecular flexibility index (Phi) is 5.50. The molecule has 0 saturated heterocycles. The highest BCUT2D eigenvalue weighted by atomic mass is 32.2. The van der Waals surface area contributed by atoms with Crippen LogP contribution in [0.5, 0.6) is 0 Å². The normalized spacial score (nSPS) is 11.5. The molecule has 0 spiro atoms. The molecule has 2 amide bonds. The van der Waals surface area contributed by atoms with Crippen molar-refractivity contribution in [3.05, 3.63) is 41.9 Å². The van der Waals surface area contributed by atoms with Gasteiger partial charge in [0, 0.05) is 22.2 Å². The Morgan fingerprint density at radius 2 is 2.04 bits per heavy atom. The Morgan fingerprint density at radius 1 is 1.26 bits per heavy atom. The van der Waals surface area contributed by atoms with Crippen molar-refractivity contribution in [2.45, 2.75) is 37.2 Å². The van der Waals surface area contributed by atoms with Crippen molar-refractivity contribution in [2.75, 3.05) is 6.54 Å². The molecule has 0 unspecified atom stereocenters. The van der Waals surface area contributed by atoms with Crippen LogP contribution in [0.15, 0.2) is 40.2 Å². The van der Waals surface area contributed by atoms with Crippen LogP contribution in [0.1, 0.15) is 36.9 Å². The summed E-state index contributed by atoms with van der Waals surface area (Å²) < 4.78 is 5.76. The number of nitrogens with zero attached hydrogens (tertiary/aromatic N) is 2. The molecule has 3 N–H and O–H groups in total. The van der Waals surface area contributed by atoms with Crippen LogP contribution < -0.4 is 10.6 Å². The highest BCUT2D eigenvalue weighted by Gasteiger charge is 2.22. The first kappa shape index (κ1) is 19.0. The van der Waals surface area contributed by atoms with E-state index in [0.717, 1.165) is 10.9 Å². The van der Waals surface area contributed by atoms with Crippen LogP contribution in [-0.2, 0) is 10.5 Å². The lowest BCUT2D eigenvalue weighted by atomic mass is 10.1. The Balaban J connectivity index is 1.77. The predicted molar refractivity (Wildman–Crippen MR) is 102 cm³/mol. The Morgan fingerprint density at radius 3 is 2.74 bits per heavy atom. The molecule has 9 heteroatoms. The van der Waals surface area contributed by atoms with Gasteiger partial charge in [-0.25, -0.2) is 4.98 Å². The molecule has 2 aromatic heterocycles. The minimum Gasteiger partial charge on any atom is -0.451 e. The lowest BCUT2D eigenvalue weighted by Crippen LogP contribution is -2.45. The molecule has 3 aromatic rings. The minimum absolute atomic E-state index is 0.123. The van der Waals surface area contributed by atoms with Crippen molar-refractivity contribution in [1.82, 2.24) is 25.8 Å². The van der Waals surface area contributed by atoms with Gasteiger partial charge in [-0.2, -0.15) is 5.10 Å². The maximum Gasteiger partial charge on any atom is 0.287 e. The summed E-state index contributed by atoms with van der Waals surface area (Å²) in [6.07, 6.45) is 1.43. The summed E-state index contributed by atoms with van der Waals surface area (Å²) in [5.74, 6) is -0.0110. The molecule has 0 bridgehead atoms. The molecule has 0 radical (unpaired) electrons. The van der Waals surface area contributed by atoms with Gasteiger partial charge in [-0.1, -0.05) is 30.0 Å². The molecule has 0 aliphatic carbocycles. The quantitative estimate of drug-likeness (QED) is 0.560. The fourth-order valence-electron chi connectivity index (χ4n) is 2.53. The molecule has 0 atom stereocenters. The van der Waals surface area contributed by atoms with Crippen molar-refractivity contribution >= 4 is 34.5 Å². The predicted octanol–water partition coefficient (Wildman–Crippen LogP) is 2.49. The van der Waals surface area contributed by atoms with Crippen molar-refractivity contribution in [3.8, 4) is 0 Å². The van der Waals surface area contributed by atoms with Crippen LogP contribution >= 0.6 is 11.8 Å². The van der Waals surface area contributed by atoms with Crippen molar-refractivity contribution in [3.63, 3.8) is 0 Å². The largest absolute Gasteiger partial charge is 0.451 e. The summed E-state index contributed by atoms with van der Waals surface area (Å²) in [5.41, 5.74) is 1.01. The Bertz CT molecular complexity index is 944. The number of hydrogen-bond donors (Lipinski definition) is 3. The topological polar surface area (TPSA) is 113 Å². The zero-order valence-corrected chi connectivity index (χ0v) is 16.1. The van der Waals surface area contributed by atoms with Gasteiger partial charge < -0.3 is 15.1 Å². The Hall–Kier alpha value is -2.81. The van der Waals surface area contributed by atoms with E-state index < -0.39 is 5.91 Å².